The molecule has 102 valence electrons. The van der Waals surface area contributed by atoms with Gasteiger partial charge in [-0.15, -0.1) is 11.3 Å². The van der Waals surface area contributed by atoms with Crippen molar-refractivity contribution in [3.05, 3.63) is 58.2 Å². The number of benzene rings is 1. The van der Waals surface area contributed by atoms with E-state index in [0.717, 1.165) is 22.6 Å². The van der Waals surface area contributed by atoms with Gasteiger partial charge >= 0.3 is 0 Å². The van der Waals surface area contributed by atoms with Crippen LogP contribution in [0.4, 0.5) is 0 Å². The topological polar surface area (TPSA) is 37.8 Å². The van der Waals surface area contributed by atoms with Crippen LogP contribution in [-0.2, 0) is 6.42 Å². The second kappa shape index (κ2) is 5.69. The van der Waals surface area contributed by atoms with Gasteiger partial charge in [-0.25, -0.2) is 4.98 Å². The molecule has 1 atom stereocenters. The highest BCUT2D eigenvalue weighted by atomic mass is 32.1. The fourth-order valence-corrected chi connectivity index (χ4v) is 3.11. The fourth-order valence-electron chi connectivity index (χ4n) is 2.45. The van der Waals surface area contributed by atoms with Gasteiger partial charge in [0, 0.05) is 17.0 Å². The van der Waals surface area contributed by atoms with Crippen molar-refractivity contribution >= 4 is 22.2 Å². The third-order valence-corrected chi connectivity index (χ3v) is 4.30. The van der Waals surface area contributed by atoms with Gasteiger partial charge in [0.1, 0.15) is 0 Å². The lowest BCUT2D eigenvalue weighted by atomic mass is 10.0. The Morgan fingerprint density at radius 1 is 1.25 bits per heavy atom. The number of pyridine rings is 1. The van der Waals surface area contributed by atoms with E-state index in [9.17, 15) is 0 Å². The van der Waals surface area contributed by atoms with E-state index in [0.29, 0.717) is 0 Å². The van der Waals surface area contributed by atoms with Crippen LogP contribution in [0.5, 0.6) is 0 Å². The van der Waals surface area contributed by atoms with Gasteiger partial charge in [0.2, 0.25) is 0 Å². The average Bonchev–Trinajstić information content (AvgIpc) is 2.91. The highest BCUT2D eigenvalue weighted by Gasteiger charge is 2.14. The number of nitrogens with one attached hydrogen (secondary N) is 1. The first-order valence-electron chi connectivity index (χ1n) is 6.70. The maximum absolute atomic E-state index is 4.60. The van der Waals surface area contributed by atoms with Crippen LogP contribution < -0.4 is 5.32 Å². The number of hydrogen-bond acceptors (Lipinski definition) is 4. The number of aromatic nitrogens is 2. The van der Waals surface area contributed by atoms with Crippen molar-refractivity contribution in [3.63, 3.8) is 0 Å². The van der Waals surface area contributed by atoms with Gasteiger partial charge in [-0.1, -0.05) is 18.2 Å². The summed E-state index contributed by atoms with van der Waals surface area (Å²) in [6.45, 7) is 2.04. The number of hydrogen-bond donors (Lipinski definition) is 1. The number of likely N-dealkylation sites (N-methyl/N-ethyl adjacent to an activating group) is 1. The van der Waals surface area contributed by atoms with Crippen molar-refractivity contribution in [1.29, 1.82) is 0 Å². The summed E-state index contributed by atoms with van der Waals surface area (Å²) < 4.78 is 0. The van der Waals surface area contributed by atoms with Crippen molar-refractivity contribution in [2.75, 3.05) is 7.05 Å². The van der Waals surface area contributed by atoms with E-state index in [-0.39, 0.29) is 6.04 Å². The summed E-state index contributed by atoms with van der Waals surface area (Å²) >= 11 is 1.70. The van der Waals surface area contributed by atoms with Gasteiger partial charge in [0.05, 0.1) is 22.3 Å². The lowest BCUT2D eigenvalue weighted by Gasteiger charge is -2.15. The molecule has 3 aromatic rings. The molecule has 1 unspecified atom stereocenters. The Labute approximate surface area is 122 Å². The zero-order valence-corrected chi connectivity index (χ0v) is 12.4. The number of thiazole rings is 1. The first-order chi connectivity index (χ1) is 9.78. The second-order valence-corrected chi connectivity index (χ2v) is 5.89. The van der Waals surface area contributed by atoms with Crippen LogP contribution in [0.2, 0.25) is 0 Å². The van der Waals surface area contributed by atoms with Crippen LogP contribution in [0, 0.1) is 6.92 Å². The Morgan fingerprint density at radius 2 is 2.10 bits per heavy atom. The minimum Gasteiger partial charge on any atom is -0.311 e. The van der Waals surface area contributed by atoms with Crippen molar-refractivity contribution < 1.29 is 0 Å². The number of rotatable bonds is 4. The predicted molar refractivity (Wildman–Crippen MR) is 84.1 cm³/mol. The van der Waals surface area contributed by atoms with E-state index in [1.807, 2.05) is 26.2 Å². The summed E-state index contributed by atoms with van der Waals surface area (Å²) in [5.74, 6) is 0. The lowest BCUT2D eigenvalue weighted by molar-refractivity contribution is 0.580. The molecule has 0 spiro atoms. The molecule has 0 aliphatic carbocycles. The Bertz CT molecular complexity index is 715. The molecule has 2 aromatic heterocycles. The normalized spacial score (nSPS) is 12.7. The Balaban J connectivity index is 1.95. The Kier molecular flexibility index (Phi) is 3.76. The van der Waals surface area contributed by atoms with Gasteiger partial charge in [0.15, 0.2) is 0 Å². The zero-order chi connectivity index (χ0) is 13.9. The molecular weight excluding hydrogens is 266 g/mol. The van der Waals surface area contributed by atoms with E-state index >= 15 is 0 Å². The smallest absolute Gasteiger partial charge is 0.0898 e. The van der Waals surface area contributed by atoms with Crippen molar-refractivity contribution in [1.82, 2.24) is 15.3 Å². The molecule has 2 heterocycles. The number of fused-ring (bicyclic) bond motifs is 1. The molecule has 20 heavy (non-hydrogen) atoms. The summed E-state index contributed by atoms with van der Waals surface area (Å²) in [5.41, 5.74) is 3.48. The van der Waals surface area contributed by atoms with Crippen molar-refractivity contribution in [2.24, 2.45) is 0 Å². The van der Waals surface area contributed by atoms with E-state index in [2.05, 4.69) is 44.9 Å². The van der Waals surface area contributed by atoms with Gasteiger partial charge in [-0.2, -0.15) is 0 Å². The Hall–Kier alpha value is -1.78. The monoisotopic (exact) mass is 283 g/mol. The Morgan fingerprint density at radius 3 is 2.85 bits per heavy atom. The van der Waals surface area contributed by atoms with Crippen LogP contribution in [0.3, 0.4) is 0 Å². The largest absolute Gasteiger partial charge is 0.311 e. The van der Waals surface area contributed by atoms with Crippen LogP contribution in [0.1, 0.15) is 22.3 Å². The summed E-state index contributed by atoms with van der Waals surface area (Å²) in [7, 11) is 1.99. The van der Waals surface area contributed by atoms with Gasteiger partial charge < -0.3 is 5.32 Å². The predicted octanol–water partition coefficient (Wildman–Crippen LogP) is 3.50. The number of aryl methyl sites for hydroxylation is 1. The second-order valence-electron chi connectivity index (χ2n) is 4.82. The quantitative estimate of drug-likeness (QED) is 0.796. The van der Waals surface area contributed by atoms with Crippen LogP contribution in [0.15, 0.2) is 41.9 Å². The van der Waals surface area contributed by atoms with Gasteiger partial charge in [-0.05, 0) is 38.1 Å². The molecule has 0 radical (unpaired) electrons. The molecule has 1 N–H and O–H groups in total. The molecule has 3 nitrogen and oxygen atoms in total. The number of nitrogens with zero attached hydrogens (tertiary/aromatic N) is 2. The molecule has 4 heteroatoms. The van der Waals surface area contributed by atoms with E-state index in [4.69, 9.17) is 0 Å². The molecule has 0 aliphatic heterocycles. The summed E-state index contributed by atoms with van der Waals surface area (Å²) in [5, 5.41) is 7.84. The molecule has 0 saturated heterocycles. The standard InChI is InChI=1S/C16H17N3S/c1-11-19-16(10-20-11)15(17-2)9-12-7-8-18-14-6-4-3-5-13(12)14/h3-8,10,15,17H,9H2,1-2H3. The van der Waals surface area contributed by atoms with E-state index in [1.165, 1.54) is 10.9 Å². The van der Waals surface area contributed by atoms with Gasteiger partial charge in [0.25, 0.3) is 0 Å². The first-order valence-corrected chi connectivity index (χ1v) is 7.58. The minimum absolute atomic E-state index is 0.241. The third kappa shape index (κ3) is 2.57. The SMILES string of the molecule is CNC(Cc1ccnc2ccccc12)c1csc(C)n1. The molecule has 0 bridgehead atoms. The zero-order valence-electron chi connectivity index (χ0n) is 11.6. The lowest BCUT2D eigenvalue weighted by Crippen LogP contribution is -2.19. The minimum atomic E-state index is 0.241. The summed E-state index contributed by atoms with van der Waals surface area (Å²) in [6, 6.07) is 10.6. The molecule has 0 aliphatic rings. The van der Waals surface area contributed by atoms with E-state index < -0.39 is 0 Å². The molecule has 0 fully saturated rings. The molecule has 0 saturated carbocycles. The van der Waals surface area contributed by atoms with Gasteiger partial charge in [-0.3, -0.25) is 4.98 Å². The maximum atomic E-state index is 4.60. The highest BCUT2D eigenvalue weighted by Crippen LogP contribution is 2.24. The molecular formula is C16H17N3S. The maximum Gasteiger partial charge on any atom is 0.0898 e. The number of para-hydroxylation sites is 1. The van der Waals surface area contributed by atoms with E-state index in [1.54, 1.807) is 11.3 Å². The third-order valence-electron chi connectivity index (χ3n) is 3.51. The fraction of sp³-hybridized carbons (Fsp3) is 0.250. The van der Waals surface area contributed by atoms with Crippen LogP contribution in [0.25, 0.3) is 10.9 Å². The van der Waals surface area contributed by atoms with Crippen molar-refractivity contribution in [3.8, 4) is 0 Å². The average molecular weight is 283 g/mol. The molecule has 1 aromatic carbocycles. The van der Waals surface area contributed by atoms with Crippen LogP contribution in [-0.4, -0.2) is 17.0 Å². The summed E-state index contributed by atoms with van der Waals surface area (Å²) in [4.78, 5) is 9.02. The summed E-state index contributed by atoms with van der Waals surface area (Å²) in [6.07, 6.45) is 2.80. The molecule has 0 amide bonds. The molecule has 3 rings (SSSR count). The van der Waals surface area contributed by atoms with Crippen LogP contribution >= 0.6 is 11.3 Å². The first kappa shape index (κ1) is 13.2. The highest BCUT2D eigenvalue weighted by molar-refractivity contribution is 7.09. The van der Waals surface area contributed by atoms with Crippen molar-refractivity contribution in [2.45, 2.75) is 19.4 Å².